The normalized spacial score (nSPS) is 13.1. The first-order valence-electron chi connectivity index (χ1n) is 6.05. The number of rotatable bonds is 5. The van der Waals surface area contributed by atoms with E-state index in [-0.39, 0.29) is 18.2 Å². The van der Waals surface area contributed by atoms with Gasteiger partial charge >= 0.3 is 6.18 Å². The number of nitrogens with one attached hydrogen (secondary N) is 1. The molecule has 1 rings (SSSR count). The lowest BCUT2D eigenvalue weighted by molar-refractivity contribution is -0.137. The van der Waals surface area contributed by atoms with Gasteiger partial charge in [0.15, 0.2) is 0 Å². The van der Waals surface area contributed by atoms with Crippen LogP contribution in [0.3, 0.4) is 0 Å². The van der Waals surface area contributed by atoms with Crippen LogP contribution in [-0.2, 0) is 6.18 Å². The summed E-state index contributed by atoms with van der Waals surface area (Å²) in [4.78, 5) is 11.7. The first-order chi connectivity index (χ1) is 8.84. The molecule has 3 N–H and O–H groups in total. The summed E-state index contributed by atoms with van der Waals surface area (Å²) in [5.74, 6) is -0.544. The molecular weight excluding hydrogens is 257 g/mol. The van der Waals surface area contributed by atoms with Crippen molar-refractivity contribution >= 4 is 5.91 Å². The quantitative estimate of drug-likeness (QED) is 0.867. The van der Waals surface area contributed by atoms with E-state index in [4.69, 9.17) is 5.73 Å². The number of amides is 1. The van der Waals surface area contributed by atoms with Crippen molar-refractivity contribution in [3.05, 3.63) is 35.4 Å². The highest BCUT2D eigenvalue weighted by Gasteiger charge is 2.30. The van der Waals surface area contributed by atoms with Crippen LogP contribution in [0, 0.1) is 0 Å². The molecule has 0 saturated heterocycles. The van der Waals surface area contributed by atoms with Crippen LogP contribution in [0.1, 0.15) is 35.7 Å². The average Bonchev–Trinajstić information content (AvgIpc) is 2.35. The fraction of sp³-hybridized carbons (Fsp3) is 0.462. The summed E-state index contributed by atoms with van der Waals surface area (Å²) in [6.07, 6.45) is -2.81. The molecule has 0 aliphatic rings. The first kappa shape index (κ1) is 15.5. The molecule has 0 heterocycles. The van der Waals surface area contributed by atoms with Gasteiger partial charge in [-0.1, -0.05) is 19.4 Å². The Bertz CT molecular complexity index is 432. The van der Waals surface area contributed by atoms with Crippen LogP contribution in [0.15, 0.2) is 24.3 Å². The van der Waals surface area contributed by atoms with E-state index < -0.39 is 17.6 Å². The third kappa shape index (κ3) is 4.90. The second-order valence-corrected chi connectivity index (χ2v) is 4.34. The monoisotopic (exact) mass is 274 g/mol. The molecule has 0 aliphatic heterocycles. The summed E-state index contributed by atoms with van der Waals surface area (Å²) < 4.78 is 37.5. The third-order valence-corrected chi connectivity index (χ3v) is 2.64. The molecule has 0 aliphatic carbocycles. The van der Waals surface area contributed by atoms with E-state index in [9.17, 15) is 18.0 Å². The number of carbonyl (C=O) groups is 1. The number of hydrogen-bond donors (Lipinski definition) is 2. The SMILES string of the molecule is CCCC(N)CNC(=O)c1cccc(C(F)(F)F)c1. The van der Waals surface area contributed by atoms with Crippen LogP contribution in [0.4, 0.5) is 13.2 Å². The van der Waals surface area contributed by atoms with Crippen molar-refractivity contribution in [2.75, 3.05) is 6.54 Å². The van der Waals surface area contributed by atoms with Crippen LogP contribution in [-0.4, -0.2) is 18.5 Å². The van der Waals surface area contributed by atoms with Crippen LogP contribution in [0.25, 0.3) is 0 Å². The van der Waals surface area contributed by atoms with E-state index in [2.05, 4.69) is 5.32 Å². The second-order valence-electron chi connectivity index (χ2n) is 4.34. The Kier molecular flexibility index (Phi) is 5.35. The lowest BCUT2D eigenvalue weighted by atomic mass is 10.1. The molecule has 0 bridgehead atoms. The molecule has 3 nitrogen and oxygen atoms in total. The molecule has 0 spiro atoms. The lowest BCUT2D eigenvalue weighted by Crippen LogP contribution is -2.37. The number of carbonyl (C=O) groups excluding carboxylic acids is 1. The number of nitrogens with two attached hydrogens (primary N) is 1. The zero-order valence-electron chi connectivity index (χ0n) is 10.6. The van der Waals surface area contributed by atoms with Gasteiger partial charge < -0.3 is 11.1 Å². The minimum Gasteiger partial charge on any atom is -0.350 e. The van der Waals surface area contributed by atoms with E-state index >= 15 is 0 Å². The van der Waals surface area contributed by atoms with Gasteiger partial charge in [0.2, 0.25) is 0 Å². The highest BCUT2D eigenvalue weighted by molar-refractivity contribution is 5.94. The molecule has 0 aromatic heterocycles. The fourth-order valence-electron chi connectivity index (χ4n) is 1.64. The minimum absolute atomic E-state index is 0.0153. The molecule has 0 saturated carbocycles. The van der Waals surface area contributed by atoms with Crippen LogP contribution in [0.2, 0.25) is 0 Å². The van der Waals surface area contributed by atoms with Crippen molar-refractivity contribution in [3.8, 4) is 0 Å². The molecule has 1 amide bonds. The van der Waals surface area contributed by atoms with Crippen molar-refractivity contribution < 1.29 is 18.0 Å². The summed E-state index contributed by atoms with van der Waals surface area (Å²) in [6, 6.07) is 4.14. The molecule has 0 radical (unpaired) electrons. The van der Waals surface area contributed by atoms with Gasteiger partial charge in [-0.3, -0.25) is 4.79 Å². The van der Waals surface area contributed by atoms with Crippen LogP contribution in [0.5, 0.6) is 0 Å². The smallest absolute Gasteiger partial charge is 0.350 e. The van der Waals surface area contributed by atoms with E-state index in [0.29, 0.717) is 0 Å². The molecule has 6 heteroatoms. The molecule has 106 valence electrons. The minimum atomic E-state index is -4.45. The average molecular weight is 274 g/mol. The van der Waals surface area contributed by atoms with Crippen molar-refractivity contribution in [2.24, 2.45) is 5.73 Å². The number of hydrogen-bond acceptors (Lipinski definition) is 2. The molecule has 1 unspecified atom stereocenters. The predicted octanol–water partition coefficient (Wildman–Crippen LogP) is 2.56. The van der Waals surface area contributed by atoms with E-state index in [1.165, 1.54) is 12.1 Å². The molecule has 1 atom stereocenters. The van der Waals surface area contributed by atoms with Crippen LogP contribution < -0.4 is 11.1 Å². The highest BCUT2D eigenvalue weighted by atomic mass is 19.4. The van der Waals surface area contributed by atoms with Crippen LogP contribution >= 0.6 is 0 Å². The standard InChI is InChI=1S/C13H17F3N2O/c1-2-4-11(17)8-18-12(19)9-5-3-6-10(7-9)13(14,15)16/h3,5-7,11H,2,4,8,17H2,1H3,(H,18,19). The summed E-state index contributed by atoms with van der Waals surface area (Å²) in [5.41, 5.74) is 4.86. The van der Waals surface area contributed by atoms with Gasteiger partial charge in [-0.2, -0.15) is 13.2 Å². The molecule has 1 aromatic rings. The van der Waals surface area contributed by atoms with Crippen molar-refractivity contribution in [1.29, 1.82) is 0 Å². The molecule has 0 fully saturated rings. The van der Waals surface area contributed by atoms with Gasteiger partial charge in [0, 0.05) is 18.2 Å². The Labute approximate surface area is 110 Å². The zero-order chi connectivity index (χ0) is 14.5. The predicted molar refractivity (Wildman–Crippen MR) is 66.7 cm³/mol. The topological polar surface area (TPSA) is 55.1 Å². The van der Waals surface area contributed by atoms with Gasteiger partial charge in [0.25, 0.3) is 5.91 Å². The van der Waals surface area contributed by atoms with E-state index in [1.807, 2.05) is 6.92 Å². The maximum Gasteiger partial charge on any atom is 0.416 e. The largest absolute Gasteiger partial charge is 0.416 e. The Hall–Kier alpha value is -1.56. The number of alkyl halides is 3. The fourth-order valence-corrected chi connectivity index (χ4v) is 1.64. The Morgan fingerprint density at radius 3 is 2.68 bits per heavy atom. The summed E-state index contributed by atoms with van der Waals surface area (Å²) >= 11 is 0. The van der Waals surface area contributed by atoms with E-state index in [1.54, 1.807) is 0 Å². The van der Waals surface area contributed by atoms with E-state index in [0.717, 1.165) is 25.0 Å². The zero-order valence-corrected chi connectivity index (χ0v) is 10.6. The van der Waals surface area contributed by atoms with Crippen molar-refractivity contribution in [2.45, 2.75) is 32.0 Å². The summed E-state index contributed by atoms with van der Waals surface area (Å²) in [5, 5.41) is 2.53. The number of halogens is 3. The van der Waals surface area contributed by atoms with Crippen molar-refractivity contribution in [3.63, 3.8) is 0 Å². The first-order valence-corrected chi connectivity index (χ1v) is 6.05. The molecule has 19 heavy (non-hydrogen) atoms. The maximum absolute atomic E-state index is 12.5. The van der Waals surface area contributed by atoms with Gasteiger partial charge in [0.05, 0.1) is 5.56 Å². The number of benzene rings is 1. The van der Waals surface area contributed by atoms with Gasteiger partial charge in [0.1, 0.15) is 0 Å². The Balaban J connectivity index is 2.67. The second kappa shape index (κ2) is 6.56. The summed E-state index contributed by atoms with van der Waals surface area (Å²) in [7, 11) is 0. The van der Waals surface area contributed by atoms with Gasteiger partial charge in [-0.25, -0.2) is 0 Å². The molecular formula is C13H17F3N2O. The summed E-state index contributed by atoms with van der Waals surface area (Å²) in [6.45, 7) is 2.22. The Morgan fingerprint density at radius 1 is 1.42 bits per heavy atom. The maximum atomic E-state index is 12.5. The van der Waals surface area contributed by atoms with Crippen molar-refractivity contribution in [1.82, 2.24) is 5.32 Å². The highest BCUT2D eigenvalue weighted by Crippen LogP contribution is 2.29. The molecule has 1 aromatic carbocycles. The lowest BCUT2D eigenvalue weighted by Gasteiger charge is -2.12. The van der Waals surface area contributed by atoms with Gasteiger partial charge in [-0.15, -0.1) is 0 Å². The third-order valence-electron chi connectivity index (χ3n) is 2.64. The van der Waals surface area contributed by atoms with Gasteiger partial charge in [-0.05, 0) is 24.6 Å². The Morgan fingerprint density at radius 2 is 2.11 bits per heavy atom.